The van der Waals surface area contributed by atoms with Crippen LogP contribution >= 0.6 is 11.3 Å². The molecule has 0 aliphatic rings. The quantitative estimate of drug-likeness (QED) is 0.161. The molecule has 3 nitrogen and oxygen atoms in total. The second kappa shape index (κ2) is 10.3. The van der Waals surface area contributed by atoms with Gasteiger partial charge < -0.3 is 16.0 Å². The number of fused-ring (bicyclic) bond motifs is 4. The van der Waals surface area contributed by atoms with E-state index in [1.165, 1.54) is 20.2 Å². The number of allylic oxidation sites excluding steroid dienone is 2. The molecule has 7 aromatic rings. The van der Waals surface area contributed by atoms with Gasteiger partial charge in [-0.25, -0.2) is 0 Å². The molecule has 0 aliphatic carbocycles. The molecule has 1 unspecified atom stereocenters. The molecule has 4 N–H and O–H groups in total. The van der Waals surface area contributed by atoms with Gasteiger partial charge in [0.1, 0.15) is 0 Å². The Morgan fingerprint density at radius 1 is 0.756 bits per heavy atom. The van der Waals surface area contributed by atoms with Crippen molar-refractivity contribution in [3.8, 4) is 16.8 Å². The van der Waals surface area contributed by atoms with Crippen LogP contribution in [-0.2, 0) is 0 Å². The predicted octanol–water partition coefficient (Wildman–Crippen LogP) is 9.52. The van der Waals surface area contributed by atoms with Gasteiger partial charge in [0, 0.05) is 48.7 Å². The van der Waals surface area contributed by atoms with Crippen LogP contribution in [0, 0.1) is 0 Å². The number of anilines is 1. The van der Waals surface area contributed by atoms with Crippen LogP contribution in [0.25, 0.3) is 53.5 Å². The van der Waals surface area contributed by atoms with E-state index in [1.807, 2.05) is 48.6 Å². The lowest BCUT2D eigenvalue weighted by molar-refractivity contribution is 0.938. The topological polar surface area (TPSA) is 57.0 Å². The molecule has 0 bridgehead atoms. The summed E-state index contributed by atoms with van der Waals surface area (Å²) in [4.78, 5) is 0. The number of aromatic nitrogens is 1. The second-order valence-corrected chi connectivity index (χ2v) is 11.3. The van der Waals surface area contributed by atoms with Gasteiger partial charge in [0.05, 0.1) is 11.6 Å². The molecule has 41 heavy (non-hydrogen) atoms. The highest BCUT2D eigenvalue weighted by molar-refractivity contribution is 7.25. The molecule has 0 saturated carbocycles. The number of hydrogen-bond donors (Lipinski definition) is 2. The molecule has 0 aliphatic heterocycles. The van der Waals surface area contributed by atoms with Crippen LogP contribution in [0.15, 0.2) is 140 Å². The Bertz CT molecular complexity index is 2080. The Morgan fingerprint density at radius 2 is 1.49 bits per heavy atom. The average Bonchev–Trinajstić information content (AvgIpc) is 3.60. The minimum atomic E-state index is -0.385. The van der Waals surface area contributed by atoms with Crippen molar-refractivity contribution in [3.63, 3.8) is 0 Å². The van der Waals surface area contributed by atoms with Crippen LogP contribution in [0.2, 0.25) is 0 Å². The summed E-state index contributed by atoms with van der Waals surface area (Å²) in [6, 6.07) is 39.8. The van der Waals surface area contributed by atoms with Gasteiger partial charge in [0.2, 0.25) is 0 Å². The van der Waals surface area contributed by atoms with Gasteiger partial charge in [-0.15, -0.1) is 11.3 Å². The van der Waals surface area contributed by atoms with Crippen LogP contribution in [-0.4, -0.2) is 4.57 Å². The first-order chi connectivity index (χ1) is 20.1. The zero-order valence-corrected chi connectivity index (χ0v) is 23.3. The summed E-state index contributed by atoms with van der Waals surface area (Å²) in [6.07, 6.45) is 5.93. The summed E-state index contributed by atoms with van der Waals surface area (Å²) in [7, 11) is 0. The summed E-state index contributed by atoms with van der Waals surface area (Å²) in [5, 5.41) is 3.58. The summed E-state index contributed by atoms with van der Waals surface area (Å²) in [5.74, 6) is 0. The van der Waals surface area contributed by atoms with E-state index in [1.54, 1.807) is 11.3 Å². The third kappa shape index (κ3) is 4.34. The van der Waals surface area contributed by atoms with E-state index in [9.17, 15) is 0 Å². The van der Waals surface area contributed by atoms with Crippen LogP contribution in [0.5, 0.6) is 0 Å². The van der Waals surface area contributed by atoms with Crippen LogP contribution in [0.4, 0.5) is 5.69 Å². The Hall–Kier alpha value is -4.90. The largest absolute Gasteiger partial charge is 0.398 e. The fourth-order valence-corrected chi connectivity index (χ4v) is 6.96. The number of para-hydroxylation sites is 1. The Morgan fingerprint density at radius 3 is 2.27 bits per heavy atom. The Kier molecular flexibility index (Phi) is 6.27. The van der Waals surface area contributed by atoms with Gasteiger partial charge >= 0.3 is 0 Å². The SMILES string of the molecule is C=C/C=C(/c1ccccc1)C(N)c1cc2sc3ccccc3c2cc1-c1cc2ccn(-c3ccccc3)c2cc1N. The minimum Gasteiger partial charge on any atom is -0.398 e. The number of benzene rings is 5. The third-order valence-electron chi connectivity index (χ3n) is 7.81. The molecule has 0 amide bonds. The maximum atomic E-state index is 7.17. The van der Waals surface area contributed by atoms with Crippen LogP contribution in [0.1, 0.15) is 17.2 Å². The highest BCUT2D eigenvalue weighted by atomic mass is 32.1. The first-order valence-corrected chi connectivity index (χ1v) is 14.5. The van der Waals surface area contributed by atoms with Crippen molar-refractivity contribution >= 4 is 53.7 Å². The number of nitrogens with zero attached hydrogens (tertiary/aromatic N) is 1. The molecule has 0 radical (unpaired) electrons. The van der Waals surface area contributed by atoms with Crippen molar-refractivity contribution in [1.82, 2.24) is 4.57 Å². The lowest BCUT2D eigenvalue weighted by Crippen LogP contribution is -2.14. The molecule has 0 spiro atoms. The van der Waals surface area contributed by atoms with Crippen molar-refractivity contribution in [2.24, 2.45) is 5.73 Å². The normalized spacial score (nSPS) is 12.8. The highest BCUT2D eigenvalue weighted by Crippen LogP contribution is 2.44. The fourth-order valence-electron chi connectivity index (χ4n) is 5.83. The summed E-state index contributed by atoms with van der Waals surface area (Å²) < 4.78 is 4.65. The van der Waals surface area contributed by atoms with E-state index < -0.39 is 0 Å². The van der Waals surface area contributed by atoms with E-state index in [0.717, 1.165) is 50.1 Å². The monoisotopic (exact) mass is 547 g/mol. The van der Waals surface area contributed by atoms with Crippen molar-refractivity contribution < 1.29 is 0 Å². The zero-order chi connectivity index (χ0) is 27.9. The van der Waals surface area contributed by atoms with E-state index in [0.29, 0.717) is 0 Å². The number of thiophene rings is 1. The molecule has 2 heterocycles. The summed E-state index contributed by atoms with van der Waals surface area (Å²) in [6.45, 7) is 3.98. The van der Waals surface area contributed by atoms with E-state index >= 15 is 0 Å². The average molecular weight is 548 g/mol. The van der Waals surface area contributed by atoms with Gasteiger partial charge in [-0.2, -0.15) is 0 Å². The number of hydrogen-bond acceptors (Lipinski definition) is 3. The van der Waals surface area contributed by atoms with Gasteiger partial charge in [-0.05, 0) is 70.8 Å². The Balaban J connectivity index is 1.48. The van der Waals surface area contributed by atoms with Gasteiger partial charge in [0.25, 0.3) is 0 Å². The number of nitrogens with two attached hydrogens (primary N) is 2. The highest BCUT2D eigenvalue weighted by Gasteiger charge is 2.22. The molecule has 7 rings (SSSR count). The summed E-state index contributed by atoms with van der Waals surface area (Å²) in [5.41, 5.74) is 22.1. The smallest absolute Gasteiger partial charge is 0.0564 e. The van der Waals surface area contributed by atoms with E-state index in [4.69, 9.17) is 11.5 Å². The van der Waals surface area contributed by atoms with Gasteiger partial charge in [0.15, 0.2) is 0 Å². The molecule has 198 valence electrons. The van der Waals surface area contributed by atoms with Crippen LogP contribution in [0.3, 0.4) is 0 Å². The molecule has 1 atom stereocenters. The van der Waals surface area contributed by atoms with Crippen molar-refractivity contribution in [1.29, 1.82) is 0 Å². The molecule has 4 heteroatoms. The van der Waals surface area contributed by atoms with Crippen molar-refractivity contribution in [3.05, 3.63) is 151 Å². The number of nitrogen functional groups attached to an aromatic ring is 1. The maximum absolute atomic E-state index is 7.17. The van der Waals surface area contributed by atoms with Gasteiger partial charge in [-0.3, -0.25) is 0 Å². The summed E-state index contributed by atoms with van der Waals surface area (Å²) >= 11 is 1.80. The van der Waals surface area contributed by atoms with E-state index in [2.05, 4.69) is 96.2 Å². The molecular formula is C37H29N3S. The minimum absolute atomic E-state index is 0.385. The van der Waals surface area contributed by atoms with E-state index in [-0.39, 0.29) is 6.04 Å². The molecule has 0 saturated heterocycles. The zero-order valence-electron chi connectivity index (χ0n) is 22.5. The maximum Gasteiger partial charge on any atom is 0.0564 e. The van der Waals surface area contributed by atoms with Crippen molar-refractivity contribution in [2.45, 2.75) is 6.04 Å². The van der Waals surface area contributed by atoms with Gasteiger partial charge in [-0.1, -0.05) is 85.5 Å². The molecular weight excluding hydrogens is 518 g/mol. The molecule has 2 aromatic heterocycles. The fraction of sp³-hybridized carbons (Fsp3) is 0.0270. The lowest BCUT2D eigenvalue weighted by atomic mass is 9.86. The Labute approximate surface area is 243 Å². The first kappa shape index (κ1) is 25.1. The molecule has 0 fully saturated rings. The lowest BCUT2D eigenvalue weighted by Gasteiger charge is -2.22. The van der Waals surface area contributed by atoms with Crippen molar-refractivity contribution in [2.75, 3.05) is 5.73 Å². The second-order valence-electron chi connectivity index (χ2n) is 10.3. The molecule has 5 aromatic carbocycles. The number of rotatable bonds is 6. The third-order valence-corrected chi connectivity index (χ3v) is 8.94. The first-order valence-electron chi connectivity index (χ1n) is 13.7. The van der Waals surface area contributed by atoms with Crippen LogP contribution < -0.4 is 11.5 Å². The standard InChI is InChI=1S/C37H29N3S/c1-2-11-27(24-12-5-3-6-13-24)37(39)32-22-36-31(28-16-9-10-17-35(28)41-36)21-29(32)30-20-25-18-19-40(34(25)23-33(30)38)26-14-7-4-8-15-26/h2-23,37H,1,38-39H2/b27-11-. The predicted molar refractivity (Wildman–Crippen MR) is 178 cm³/mol.